The smallest absolute Gasteiger partial charge is 0.332 e. The van der Waals surface area contributed by atoms with Gasteiger partial charge in [-0.3, -0.25) is 4.90 Å². The van der Waals surface area contributed by atoms with Crippen molar-refractivity contribution < 1.29 is 14.3 Å². The highest BCUT2D eigenvalue weighted by Crippen LogP contribution is 2.16. The molecule has 0 saturated carbocycles. The van der Waals surface area contributed by atoms with Crippen LogP contribution in [-0.4, -0.2) is 74.9 Å². The first-order valence-electron chi connectivity index (χ1n) is 7.33. The molecule has 1 atom stereocenters. The number of likely N-dealkylation sites (N-methyl/N-ethyl adjacent to an activating group) is 2. The molecule has 0 aromatic heterocycles. The Morgan fingerprint density at radius 2 is 2.21 bits per heavy atom. The Balaban J connectivity index is 2.07. The molecule has 5 nitrogen and oxygen atoms in total. The van der Waals surface area contributed by atoms with Gasteiger partial charge in [0.25, 0.3) is 0 Å². The lowest BCUT2D eigenvalue weighted by Crippen LogP contribution is -2.39. The molecule has 0 aromatic carbocycles. The van der Waals surface area contributed by atoms with Gasteiger partial charge in [-0.15, -0.1) is 0 Å². The van der Waals surface area contributed by atoms with E-state index in [-0.39, 0.29) is 12.6 Å². The molecule has 1 aliphatic heterocycles. The topological polar surface area (TPSA) is 42.0 Å². The third-order valence-electron chi connectivity index (χ3n) is 3.57. The zero-order valence-electron chi connectivity index (χ0n) is 12.6. The Morgan fingerprint density at radius 1 is 1.42 bits per heavy atom. The summed E-state index contributed by atoms with van der Waals surface area (Å²) >= 11 is 0. The molecule has 0 spiro atoms. The first-order valence-corrected chi connectivity index (χ1v) is 7.33. The van der Waals surface area contributed by atoms with Crippen molar-refractivity contribution in [2.45, 2.75) is 32.7 Å². The van der Waals surface area contributed by atoms with Gasteiger partial charge in [-0.2, -0.15) is 0 Å². The summed E-state index contributed by atoms with van der Waals surface area (Å²) in [5.41, 5.74) is 0. The summed E-state index contributed by atoms with van der Waals surface area (Å²) in [6, 6.07) is 0.681. The number of ether oxygens (including phenoxy) is 2. The maximum Gasteiger partial charge on any atom is 0.332 e. The molecule has 1 saturated heterocycles. The number of carbonyl (C=O) groups excluding carboxylic acids is 1. The van der Waals surface area contributed by atoms with Crippen LogP contribution in [0.4, 0.5) is 0 Å². The summed E-state index contributed by atoms with van der Waals surface area (Å²) in [7, 11) is 2.11. The van der Waals surface area contributed by atoms with E-state index in [1.165, 1.54) is 19.4 Å². The average molecular weight is 272 g/mol. The molecule has 1 fully saturated rings. The molecular weight excluding hydrogens is 244 g/mol. The van der Waals surface area contributed by atoms with Crippen LogP contribution in [0.1, 0.15) is 26.7 Å². The summed E-state index contributed by atoms with van der Waals surface area (Å²) in [6.07, 6.45) is 2.60. The van der Waals surface area contributed by atoms with E-state index in [4.69, 9.17) is 9.47 Å². The van der Waals surface area contributed by atoms with Crippen molar-refractivity contribution in [2.75, 3.05) is 53.0 Å². The molecule has 0 aliphatic carbocycles. The Kier molecular flexibility index (Phi) is 8.02. The number of carbonyl (C=O) groups is 1. The predicted molar refractivity (Wildman–Crippen MR) is 75.2 cm³/mol. The predicted octanol–water partition coefficient (Wildman–Crippen LogP) is 0.982. The van der Waals surface area contributed by atoms with E-state index in [9.17, 15) is 4.79 Å². The maximum atomic E-state index is 11.1. The van der Waals surface area contributed by atoms with E-state index in [2.05, 4.69) is 23.8 Å². The van der Waals surface area contributed by atoms with E-state index >= 15 is 0 Å². The van der Waals surface area contributed by atoms with Gasteiger partial charge in [0.15, 0.2) is 0 Å². The van der Waals surface area contributed by atoms with Crippen molar-refractivity contribution in [1.29, 1.82) is 0 Å². The summed E-state index contributed by atoms with van der Waals surface area (Å²) in [6.45, 7) is 9.38. The fourth-order valence-corrected chi connectivity index (χ4v) is 2.55. The van der Waals surface area contributed by atoms with Crippen LogP contribution in [0.2, 0.25) is 0 Å². The molecule has 5 heteroatoms. The van der Waals surface area contributed by atoms with Gasteiger partial charge < -0.3 is 14.4 Å². The normalized spacial score (nSPS) is 20.1. The number of hydrogen-bond donors (Lipinski definition) is 0. The quantitative estimate of drug-likeness (QED) is 0.462. The standard InChI is InChI=1S/C14H28N2O3/c1-4-16-8-6-7-13(16)11-15(3)9-10-18-12-14(17)19-5-2/h13H,4-12H2,1-3H3. The van der Waals surface area contributed by atoms with E-state index in [1.807, 2.05) is 0 Å². The van der Waals surface area contributed by atoms with Crippen LogP contribution in [0.15, 0.2) is 0 Å². The summed E-state index contributed by atoms with van der Waals surface area (Å²) < 4.78 is 10.1. The van der Waals surface area contributed by atoms with Crippen LogP contribution in [0, 0.1) is 0 Å². The molecule has 0 aromatic rings. The second kappa shape index (κ2) is 9.28. The Labute approximate surface area is 116 Å². The van der Waals surface area contributed by atoms with Gasteiger partial charge in [0.05, 0.1) is 13.2 Å². The third kappa shape index (κ3) is 6.36. The van der Waals surface area contributed by atoms with Gasteiger partial charge in [0, 0.05) is 19.1 Å². The molecule has 0 bridgehead atoms. The van der Waals surface area contributed by atoms with Crippen LogP contribution in [0.25, 0.3) is 0 Å². The Hall–Kier alpha value is -0.650. The van der Waals surface area contributed by atoms with E-state index < -0.39 is 0 Å². The van der Waals surface area contributed by atoms with Crippen molar-refractivity contribution in [3.05, 3.63) is 0 Å². The van der Waals surface area contributed by atoms with Gasteiger partial charge >= 0.3 is 5.97 Å². The zero-order chi connectivity index (χ0) is 14.1. The van der Waals surface area contributed by atoms with Crippen LogP contribution >= 0.6 is 0 Å². The number of likely N-dealkylation sites (tertiary alicyclic amines) is 1. The van der Waals surface area contributed by atoms with Gasteiger partial charge in [0.1, 0.15) is 6.61 Å². The summed E-state index contributed by atoms with van der Waals surface area (Å²) in [5, 5.41) is 0. The third-order valence-corrected chi connectivity index (χ3v) is 3.57. The van der Waals surface area contributed by atoms with Gasteiger partial charge in [-0.25, -0.2) is 4.79 Å². The second-order valence-electron chi connectivity index (χ2n) is 5.04. The Bertz CT molecular complexity index is 261. The minimum absolute atomic E-state index is 0.0617. The summed E-state index contributed by atoms with van der Waals surface area (Å²) in [5.74, 6) is -0.280. The zero-order valence-corrected chi connectivity index (χ0v) is 12.6. The molecule has 1 rings (SSSR count). The van der Waals surface area contributed by atoms with Crippen molar-refractivity contribution in [3.8, 4) is 0 Å². The second-order valence-corrected chi connectivity index (χ2v) is 5.04. The fraction of sp³-hybridized carbons (Fsp3) is 0.929. The highest BCUT2D eigenvalue weighted by Gasteiger charge is 2.23. The van der Waals surface area contributed by atoms with E-state index in [1.54, 1.807) is 6.92 Å². The summed E-state index contributed by atoms with van der Waals surface area (Å²) in [4.78, 5) is 15.9. The molecule has 1 aliphatic rings. The van der Waals surface area contributed by atoms with E-state index in [0.717, 1.165) is 19.6 Å². The van der Waals surface area contributed by atoms with Crippen LogP contribution in [0.5, 0.6) is 0 Å². The first kappa shape index (κ1) is 16.4. The minimum atomic E-state index is -0.280. The fourth-order valence-electron chi connectivity index (χ4n) is 2.55. The van der Waals surface area contributed by atoms with Crippen molar-refractivity contribution >= 4 is 5.97 Å². The lowest BCUT2D eigenvalue weighted by atomic mass is 10.2. The molecule has 1 heterocycles. The van der Waals surface area contributed by atoms with Crippen molar-refractivity contribution in [1.82, 2.24) is 9.80 Å². The largest absolute Gasteiger partial charge is 0.464 e. The molecule has 1 unspecified atom stereocenters. The number of nitrogens with zero attached hydrogens (tertiary/aromatic N) is 2. The van der Waals surface area contributed by atoms with Gasteiger partial charge in [-0.05, 0) is 39.9 Å². The molecule has 112 valence electrons. The van der Waals surface area contributed by atoms with Crippen LogP contribution in [0.3, 0.4) is 0 Å². The lowest BCUT2D eigenvalue weighted by molar-refractivity contribution is -0.148. The monoisotopic (exact) mass is 272 g/mol. The molecule has 0 radical (unpaired) electrons. The average Bonchev–Trinajstić information content (AvgIpc) is 2.82. The molecule has 0 amide bonds. The Morgan fingerprint density at radius 3 is 2.89 bits per heavy atom. The highest BCUT2D eigenvalue weighted by atomic mass is 16.6. The van der Waals surface area contributed by atoms with Crippen molar-refractivity contribution in [2.24, 2.45) is 0 Å². The van der Waals surface area contributed by atoms with Crippen LogP contribution in [-0.2, 0) is 14.3 Å². The molecule has 19 heavy (non-hydrogen) atoms. The number of hydrogen-bond acceptors (Lipinski definition) is 5. The number of rotatable bonds is 9. The number of esters is 1. The highest BCUT2D eigenvalue weighted by molar-refractivity contribution is 5.70. The molecular formula is C14H28N2O3. The molecule has 0 N–H and O–H groups in total. The minimum Gasteiger partial charge on any atom is -0.464 e. The van der Waals surface area contributed by atoms with Gasteiger partial charge in [0.2, 0.25) is 0 Å². The maximum absolute atomic E-state index is 11.1. The van der Waals surface area contributed by atoms with Crippen LogP contribution < -0.4 is 0 Å². The van der Waals surface area contributed by atoms with E-state index in [0.29, 0.717) is 19.3 Å². The first-order chi connectivity index (χ1) is 9.17. The SMILES string of the molecule is CCOC(=O)COCCN(C)CC1CCCN1CC. The lowest BCUT2D eigenvalue weighted by Gasteiger charge is -2.27. The van der Waals surface area contributed by atoms with Gasteiger partial charge in [-0.1, -0.05) is 6.92 Å². The van der Waals surface area contributed by atoms with Crippen molar-refractivity contribution in [3.63, 3.8) is 0 Å².